The summed E-state index contributed by atoms with van der Waals surface area (Å²) in [4.78, 5) is 0. The summed E-state index contributed by atoms with van der Waals surface area (Å²) in [7, 11) is 0. The van der Waals surface area contributed by atoms with Gasteiger partial charge >= 0.3 is 0 Å². The van der Waals surface area contributed by atoms with Gasteiger partial charge in [-0.15, -0.1) is 0 Å². The summed E-state index contributed by atoms with van der Waals surface area (Å²) in [5.41, 5.74) is 0. The van der Waals surface area contributed by atoms with Gasteiger partial charge in [-0.3, -0.25) is 0 Å². The van der Waals surface area contributed by atoms with Crippen LogP contribution in [0.3, 0.4) is 0 Å². The lowest BCUT2D eigenvalue weighted by Crippen LogP contribution is -2.32. The molecule has 14 heavy (non-hydrogen) atoms. The molecule has 0 saturated heterocycles. The van der Waals surface area contributed by atoms with Crippen LogP contribution in [-0.4, -0.2) is 0 Å². The molecule has 0 aromatic carbocycles. The van der Waals surface area contributed by atoms with Crippen LogP contribution in [0.2, 0.25) is 0 Å². The Bertz CT molecular complexity index is 168. The molecule has 2 rings (SSSR count). The second-order valence-corrected chi connectivity index (χ2v) is 6.19. The van der Waals surface area contributed by atoms with E-state index in [9.17, 15) is 0 Å². The van der Waals surface area contributed by atoms with Crippen molar-refractivity contribution in [2.45, 2.75) is 59.3 Å². The van der Waals surface area contributed by atoms with Crippen LogP contribution < -0.4 is 0 Å². The molecule has 2 aliphatic rings. The predicted molar refractivity (Wildman–Crippen MR) is 62.2 cm³/mol. The first-order chi connectivity index (χ1) is 6.69. The minimum absolute atomic E-state index is 0.929. The van der Waals surface area contributed by atoms with Gasteiger partial charge in [-0.05, 0) is 61.7 Å². The standard InChI is InChI=1S/C14H26/c1-4-11-5-12-7-13(6-11)9-14(8-12)10(2)3/h10-14H,4-9H2,1-3H3. The van der Waals surface area contributed by atoms with Crippen molar-refractivity contribution in [1.82, 2.24) is 0 Å². The molecule has 2 aliphatic carbocycles. The van der Waals surface area contributed by atoms with Crippen LogP contribution in [0.1, 0.15) is 59.3 Å². The van der Waals surface area contributed by atoms with Gasteiger partial charge in [-0.25, -0.2) is 0 Å². The van der Waals surface area contributed by atoms with Crippen molar-refractivity contribution in [2.24, 2.45) is 29.6 Å². The molecule has 0 aliphatic heterocycles. The lowest BCUT2D eigenvalue weighted by Gasteiger charge is -2.43. The van der Waals surface area contributed by atoms with Gasteiger partial charge in [0.25, 0.3) is 0 Å². The van der Waals surface area contributed by atoms with Crippen LogP contribution in [-0.2, 0) is 0 Å². The van der Waals surface area contributed by atoms with E-state index in [0.717, 1.165) is 29.6 Å². The van der Waals surface area contributed by atoms with Crippen molar-refractivity contribution in [3.05, 3.63) is 0 Å². The molecule has 0 radical (unpaired) electrons. The Kier molecular flexibility index (Phi) is 3.19. The minimum atomic E-state index is 0.929. The molecule has 0 aromatic rings. The zero-order valence-corrected chi connectivity index (χ0v) is 10.1. The molecule has 0 nitrogen and oxygen atoms in total. The van der Waals surface area contributed by atoms with Crippen LogP contribution in [0.4, 0.5) is 0 Å². The molecule has 2 bridgehead atoms. The number of fused-ring (bicyclic) bond motifs is 2. The molecule has 0 heterocycles. The Morgan fingerprint density at radius 2 is 1.50 bits per heavy atom. The van der Waals surface area contributed by atoms with E-state index in [1.165, 1.54) is 6.42 Å². The summed E-state index contributed by atoms with van der Waals surface area (Å²) in [6, 6.07) is 0. The maximum Gasteiger partial charge on any atom is -0.0386 e. The summed E-state index contributed by atoms with van der Waals surface area (Å²) in [6.45, 7) is 7.22. The van der Waals surface area contributed by atoms with E-state index in [0.29, 0.717) is 0 Å². The monoisotopic (exact) mass is 194 g/mol. The summed E-state index contributed by atoms with van der Waals surface area (Å²) in [5.74, 6) is 5.25. The average molecular weight is 194 g/mol. The van der Waals surface area contributed by atoms with Crippen molar-refractivity contribution in [2.75, 3.05) is 0 Å². The largest absolute Gasteiger partial charge is 0.0651 e. The van der Waals surface area contributed by atoms with Crippen molar-refractivity contribution >= 4 is 0 Å². The fourth-order valence-electron chi connectivity index (χ4n) is 3.92. The smallest absolute Gasteiger partial charge is 0.0386 e. The summed E-state index contributed by atoms with van der Waals surface area (Å²) in [5, 5.41) is 0. The molecule has 2 atom stereocenters. The Hall–Kier alpha value is 0. The highest BCUT2D eigenvalue weighted by Gasteiger charge is 2.36. The molecule has 0 N–H and O–H groups in total. The molecule has 0 amide bonds. The van der Waals surface area contributed by atoms with Crippen LogP contribution in [0.25, 0.3) is 0 Å². The van der Waals surface area contributed by atoms with Crippen LogP contribution in [0.5, 0.6) is 0 Å². The predicted octanol–water partition coefficient (Wildman–Crippen LogP) is 4.49. The lowest BCUT2D eigenvalue weighted by atomic mass is 9.62. The maximum atomic E-state index is 2.42. The Morgan fingerprint density at radius 3 is 1.93 bits per heavy atom. The summed E-state index contributed by atoms with van der Waals surface area (Å²) in [6.07, 6.45) is 9.20. The third-order valence-corrected chi connectivity index (χ3v) is 4.79. The molecule has 0 aromatic heterocycles. The first-order valence-electron chi connectivity index (χ1n) is 6.69. The summed E-state index contributed by atoms with van der Waals surface area (Å²) < 4.78 is 0. The van der Waals surface area contributed by atoms with E-state index in [2.05, 4.69) is 20.8 Å². The fourth-order valence-corrected chi connectivity index (χ4v) is 3.92. The number of rotatable bonds is 2. The van der Waals surface area contributed by atoms with E-state index in [1.807, 2.05) is 0 Å². The fraction of sp³-hybridized carbons (Fsp3) is 1.00. The lowest BCUT2D eigenvalue weighted by molar-refractivity contribution is 0.0763. The molecule has 2 unspecified atom stereocenters. The zero-order chi connectivity index (χ0) is 10.1. The third-order valence-electron chi connectivity index (χ3n) is 4.79. The molecule has 82 valence electrons. The average Bonchev–Trinajstić information content (AvgIpc) is 2.16. The van der Waals surface area contributed by atoms with E-state index in [4.69, 9.17) is 0 Å². The SMILES string of the molecule is CCC1CC2CC(C1)CC(C(C)C)C2. The van der Waals surface area contributed by atoms with Gasteiger partial charge < -0.3 is 0 Å². The van der Waals surface area contributed by atoms with Crippen LogP contribution in [0, 0.1) is 29.6 Å². The van der Waals surface area contributed by atoms with Crippen molar-refractivity contribution in [3.63, 3.8) is 0 Å². The maximum absolute atomic E-state index is 2.42. The van der Waals surface area contributed by atoms with Gasteiger partial charge in [0.2, 0.25) is 0 Å². The van der Waals surface area contributed by atoms with E-state index in [1.54, 1.807) is 32.1 Å². The van der Waals surface area contributed by atoms with Gasteiger partial charge in [0, 0.05) is 0 Å². The highest BCUT2D eigenvalue weighted by molar-refractivity contribution is 4.87. The molecular weight excluding hydrogens is 168 g/mol. The second kappa shape index (κ2) is 4.24. The van der Waals surface area contributed by atoms with Crippen molar-refractivity contribution < 1.29 is 0 Å². The zero-order valence-electron chi connectivity index (χ0n) is 10.1. The van der Waals surface area contributed by atoms with E-state index in [-0.39, 0.29) is 0 Å². The first kappa shape index (κ1) is 10.5. The topological polar surface area (TPSA) is 0 Å². The number of hydrogen-bond donors (Lipinski definition) is 0. The van der Waals surface area contributed by atoms with Crippen LogP contribution in [0.15, 0.2) is 0 Å². The van der Waals surface area contributed by atoms with E-state index < -0.39 is 0 Å². The van der Waals surface area contributed by atoms with Crippen LogP contribution >= 0.6 is 0 Å². The van der Waals surface area contributed by atoms with Gasteiger partial charge in [0.05, 0.1) is 0 Å². The molecule has 0 spiro atoms. The number of hydrogen-bond acceptors (Lipinski definition) is 0. The van der Waals surface area contributed by atoms with Gasteiger partial charge in [0.15, 0.2) is 0 Å². The molecule has 0 heteroatoms. The van der Waals surface area contributed by atoms with Gasteiger partial charge in [-0.2, -0.15) is 0 Å². The highest BCUT2D eigenvalue weighted by atomic mass is 14.4. The van der Waals surface area contributed by atoms with Crippen molar-refractivity contribution in [1.29, 1.82) is 0 Å². The highest BCUT2D eigenvalue weighted by Crippen LogP contribution is 2.47. The normalized spacial score (nSPS) is 42.9. The molecular formula is C14H26. The van der Waals surface area contributed by atoms with Gasteiger partial charge in [0.1, 0.15) is 0 Å². The second-order valence-electron chi connectivity index (χ2n) is 6.19. The minimum Gasteiger partial charge on any atom is -0.0651 e. The van der Waals surface area contributed by atoms with Crippen molar-refractivity contribution in [3.8, 4) is 0 Å². The Balaban J connectivity index is 1.95. The molecule has 2 fully saturated rings. The Morgan fingerprint density at radius 1 is 0.929 bits per heavy atom. The quantitative estimate of drug-likeness (QED) is 0.607. The van der Waals surface area contributed by atoms with Gasteiger partial charge in [-0.1, -0.05) is 27.2 Å². The van der Waals surface area contributed by atoms with E-state index >= 15 is 0 Å². The Labute approximate surface area is 89.5 Å². The molecule has 2 saturated carbocycles. The first-order valence-corrected chi connectivity index (χ1v) is 6.69. The summed E-state index contributed by atoms with van der Waals surface area (Å²) >= 11 is 0. The third kappa shape index (κ3) is 2.15.